The number of carbonyl (C=O) groups is 1. The van der Waals surface area contributed by atoms with Crippen LogP contribution in [-0.4, -0.2) is 28.1 Å². The zero-order valence-corrected chi connectivity index (χ0v) is 14.0. The minimum atomic E-state index is -0.910. The fraction of sp³-hybridized carbons (Fsp3) is 0.412. The second-order valence-corrected chi connectivity index (χ2v) is 7.09. The van der Waals surface area contributed by atoms with E-state index in [-0.39, 0.29) is 18.4 Å². The lowest BCUT2D eigenvalue weighted by Crippen LogP contribution is -2.44. The molecule has 118 valence electrons. The molecule has 5 heteroatoms. The Morgan fingerprint density at radius 3 is 2.68 bits per heavy atom. The first-order valence-electron chi connectivity index (χ1n) is 7.37. The summed E-state index contributed by atoms with van der Waals surface area (Å²) in [6, 6.07) is 10.0. The number of aromatic nitrogens is 1. The molecule has 2 aromatic rings. The topological polar surface area (TPSA) is 62.2 Å². The van der Waals surface area contributed by atoms with E-state index in [2.05, 4.69) is 10.3 Å². The molecule has 22 heavy (non-hydrogen) atoms. The smallest absolute Gasteiger partial charge is 0.263 e. The lowest BCUT2D eigenvalue weighted by Gasteiger charge is -2.27. The molecule has 0 aliphatic carbocycles. The number of benzene rings is 1. The van der Waals surface area contributed by atoms with Crippen molar-refractivity contribution in [2.75, 3.05) is 6.54 Å². The number of amides is 1. The standard InChI is InChI=1S/C17H22N2O2S/c1-12(2)17(3,21)11-19-16(20)14-10-18-15(22-14)9-13-7-5-4-6-8-13/h4-8,10,12,21H,9,11H2,1-3H3,(H,19,20). The van der Waals surface area contributed by atoms with E-state index in [0.29, 0.717) is 4.88 Å². The minimum Gasteiger partial charge on any atom is -0.388 e. The molecule has 1 unspecified atom stereocenters. The molecule has 1 atom stereocenters. The number of hydrogen-bond acceptors (Lipinski definition) is 4. The van der Waals surface area contributed by atoms with Crippen molar-refractivity contribution in [3.05, 3.63) is 52.0 Å². The first-order chi connectivity index (χ1) is 10.4. The SMILES string of the molecule is CC(C)C(C)(O)CNC(=O)c1cnc(Cc2ccccc2)s1. The van der Waals surface area contributed by atoms with Crippen LogP contribution in [0.15, 0.2) is 36.5 Å². The molecule has 1 aromatic carbocycles. The van der Waals surface area contributed by atoms with Crippen molar-refractivity contribution < 1.29 is 9.90 Å². The van der Waals surface area contributed by atoms with Crippen LogP contribution in [0, 0.1) is 5.92 Å². The van der Waals surface area contributed by atoms with Gasteiger partial charge in [0.1, 0.15) is 4.88 Å². The van der Waals surface area contributed by atoms with E-state index in [9.17, 15) is 9.90 Å². The van der Waals surface area contributed by atoms with Crippen LogP contribution < -0.4 is 5.32 Å². The first kappa shape index (κ1) is 16.6. The van der Waals surface area contributed by atoms with Gasteiger partial charge in [0.25, 0.3) is 5.91 Å². The summed E-state index contributed by atoms with van der Waals surface area (Å²) in [7, 11) is 0. The molecule has 1 amide bonds. The molecule has 0 saturated carbocycles. The van der Waals surface area contributed by atoms with Crippen LogP contribution in [0.5, 0.6) is 0 Å². The van der Waals surface area contributed by atoms with Gasteiger partial charge < -0.3 is 10.4 Å². The summed E-state index contributed by atoms with van der Waals surface area (Å²) < 4.78 is 0. The Kier molecular flexibility index (Phi) is 5.32. The summed E-state index contributed by atoms with van der Waals surface area (Å²) in [6.07, 6.45) is 2.32. The Hall–Kier alpha value is -1.72. The molecule has 1 aromatic heterocycles. The van der Waals surface area contributed by atoms with Gasteiger partial charge in [0, 0.05) is 13.0 Å². The molecule has 0 aliphatic heterocycles. The quantitative estimate of drug-likeness (QED) is 0.861. The molecule has 0 bridgehead atoms. The second kappa shape index (κ2) is 7.03. The maximum Gasteiger partial charge on any atom is 0.263 e. The van der Waals surface area contributed by atoms with E-state index in [1.165, 1.54) is 16.9 Å². The Labute approximate surface area is 135 Å². The van der Waals surface area contributed by atoms with Gasteiger partial charge in [-0.1, -0.05) is 44.2 Å². The Balaban J connectivity index is 1.95. The van der Waals surface area contributed by atoms with Crippen molar-refractivity contribution in [1.29, 1.82) is 0 Å². The Bertz CT molecular complexity index is 621. The monoisotopic (exact) mass is 318 g/mol. The number of hydrogen-bond donors (Lipinski definition) is 2. The van der Waals surface area contributed by atoms with Crippen molar-refractivity contribution in [3.63, 3.8) is 0 Å². The van der Waals surface area contributed by atoms with Gasteiger partial charge in [0.15, 0.2) is 0 Å². The molecule has 0 aliphatic rings. The Morgan fingerprint density at radius 2 is 2.05 bits per heavy atom. The summed E-state index contributed by atoms with van der Waals surface area (Å²) in [5.41, 5.74) is 0.263. The molecule has 2 N–H and O–H groups in total. The number of nitrogens with zero attached hydrogens (tertiary/aromatic N) is 1. The van der Waals surface area contributed by atoms with Crippen LogP contribution >= 0.6 is 11.3 Å². The van der Waals surface area contributed by atoms with Gasteiger partial charge >= 0.3 is 0 Å². The highest BCUT2D eigenvalue weighted by molar-refractivity contribution is 7.13. The van der Waals surface area contributed by atoms with Crippen LogP contribution in [0.25, 0.3) is 0 Å². The third-order valence-electron chi connectivity index (χ3n) is 3.83. The molecular formula is C17H22N2O2S. The number of rotatable bonds is 6. The highest BCUT2D eigenvalue weighted by Gasteiger charge is 2.25. The van der Waals surface area contributed by atoms with E-state index in [1.54, 1.807) is 13.1 Å². The molecule has 0 saturated heterocycles. The van der Waals surface area contributed by atoms with Crippen molar-refractivity contribution in [3.8, 4) is 0 Å². The van der Waals surface area contributed by atoms with Gasteiger partial charge in [0.05, 0.1) is 16.8 Å². The third-order valence-corrected chi connectivity index (χ3v) is 4.82. The highest BCUT2D eigenvalue weighted by Crippen LogP contribution is 2.18. The fourth-order valence-electron chi connectivity index (χ4n) is 1.82. The van der Waals surface area contributed by atoms with Gasteiger partial charge in [-0.3, -0.25) is 4.79 Å². The molecule has 4 nitrogen and oxygen atoms in total. The van der Waals surface area contributed by atoms with Gasteiger partial charge in [0.2, 0.25) is 0 Å². The van der Waals surface area contributed by atoms with Gasteiger partial charge in [-0.15, -0.1) is 11.3 Å². The van der Waals surface area contributed by atoms with Crippen LogP contribution in [-0.2, 0) is 6.42 Å². The predicted molar refractivity (Wildman–Crippen MR) is 89.2 cm³/mol. The second-order valence-electron chi connectivity index (χ2n) is 5.98. The largest absolute Gasteiger partial charge is 0.388 e. The summed E-state index contributed by atoms with van der Waals surface area (Å²) >= 11 is 1.39. The minimum absolute atomic E-state index is 0.0721. The number of aliphatic hydroxyl groups is 1. The third kappa shape index (κ3) is 4.39. The van der Waals surface area contributed by atoms with Gasteiger partial charge in [-0.25, -0.2) is 4.98 Å². The van der Waals surface area contributed by atoms with E-state index in [0.717, 1.165) is 11.4 Å². The van der Waals surface area contributed by atoms with Crippen LogP contribution in [0.2, 0.25) is 0 Å². The lowest BCUT2D eigenvalue weighted by molar-refractivity contribution is 0.0143. The normalized spacial score (nSPS) is 13.9. The van der Waals surface area contributed by atoms with Crippen LogP contribution in [0.4, 0.5) is 0 Å². The fourth-order valence-corrected chi connectivity index (χ4v) is 2.69. The molecule has 0 radical (unpaired) electrons. The molecule has 0 fully saturated rings. The molecular weight excluding hydrogens is 296 g/mol. The summed E-state index contributed by atoms with van der Waals surface area (Å²) in [6.45, 7) is 5.81. The van der Waals surface area contributed by atoms with Crippen molar-refractivity contribution in [1.82, 2.24) is 10.3 Å². The molecule has 1 heterocycles. The van der Waals surface area contributed by atoms with Crippen LogP contribution in [0.1, 0.15) is 41.0 Å². The average Bonchev–Trinajstić information content (AvgIpc) is 2.94. The zero-order chi connectivity index (χ0) is 16.2. The van der Waals surface area contributed by atoms with E-state index < -0.39 is 5.60 Å². The summed E-state index contributed by atoms with van der Waals surface area (Å²) in [5.74, 6) is -0.111. The summed E-state index contributed by atoms with van der Waals surface area (Å²) in [5, 5.41) is 13.8. The van der Waals surface area contributed by atoms with Crippen molar-refractivity contribution >= 4 is 17.2 Å². The number of carbonyl (C=O) groups excluding carboxylic acids is 1. The van der Waals surface area contributed by atoms with E-state index in [4.69, 9.17) is 0 Å². The average molecular weight is 318 g/mol. The Morgan fingerprint density at radius 1 is 1.36 bits per heavy atom. The number of nitrogens with one attached hydrogen (secondary N) is 1. The van der Waals surface area contributed by atoms with Crippen molar-refractivity contribution in [2.24, 2.45) is 5.92 Å². The van der Waals surface area contributed by atoms with E-state index in [1.807, 2.05) is 44.2 Å². The van der Waals surface area contributed by atoms with Crippen LogP contribution in [0.3, 0.4) is 0 Å². The molecule has 0 spiro atoms. The zero-order valence-electron chi connectivity index (χ0n) is 13.2. The maximum absolute atomic E-state index is 12.1. The van der Waals surface area contributed by atoms with Gasteiger partial charge in [-0.05, 0) is 18.4 Å². The maximum atomic E-state index is 12.1. The molecule has 2 rings (SSSR count). The van der Waals surface area contributed by atoms with Crippen molar-refractivity contribution in [2.45, 2.75) is 32.8 Å². The highest BCUT2D eigenvalue weighted by atomic mass is 32.1. The lowest BCUT2D eigenvalue weighted by atomic mass is 9.92. The van der Waals surface area contributed by atoms with Gasteiger partial charge in [-0.2, -0.15) is 0 Å². The number of thiazole rings is 1. The van der Waals surface area contributed by atoms with E-state index >= 15 is 0 Å². The first-order valence-corrected chi connectivity index (χ1v) is 8.19. The summed E-state index contributed by atoms with van der Waals surface area (Å²) in [4.78, 5) is 17.0. The predicted octanol–water partition coefficient (Wildman–Crippen LogP) is 2.87.